The van der Waals surface area contributed by atoms with E-state index in [9.17, 15) is 4.79 Å². The number of nitrogens with two attached hydrogens (primary N) is 1. The Kier molecular flexibility index (Phi) is 5.23. The third-order valence-corrected chi connectivity index (χ3v) is 4.68. The Morgan fingerprint density at radius 2 is 2.10 bits per heavy atom. The highest BCUT2D eigenvalue weighted by Crippen LogP contribution is 2.23. The molecule has 116 valence electrons. The molecular formula is C17H27N3O. The number of rotatable bonds is 4. The maximum absolute atomic E-state index is 12.7. The number of amides is 1. The first kappa shape index (κ1) is 15.8. The van der Waals surface area contributed by atoms with E-state index in [1.807, 2.05) is 43.1 Å². The molecule has 1 fully saturated rings. The normalized spacial score (nSPS) is 18.4. The van der Waals surface area contributed by atoms with Gasteiger partial charge in [0.05, 0.1) is 5.92 Å². The van der Waals surface area contributed by atoms with Crippen LogP contribution in [0.3, 0.4) is 0 Å². The number of carbonyl (C=O) groups excluding carboxylic acids is 1. The first-order chi connectivity index (χ1) is 10.0. The van der Waals surface area contributed by atoms with E-state index in [2.05, 4.69) is 11.8 Å². The van der Waals surface area contributed by atoms with Gasteiger partial charge in [0.25, 0.3) is 0 Å². The molecule has 0 spiro atoms. The van der Waals surface area contributed by atoms with Crippen molar-refractivity contribution in [3.63, 3.8) is 0 Å². The molecule has 1 saturated heterocycles. The van der Waals surface area contributed by atoms with E-state index in [0.29, 0.717) is 11.7 Å². The van der Waals surface area contributed by atoms with Crippen molar-refractivity contribution in [1.29, 1.82) is 0 Å². The Balaban J connectivity index is 1.99. The number of hydrogen-bond acceptors (Lipinski definition) is 3. The number of anilines is 1. The molecule has 0 saturated carbocycles. The van der Waals surface area contributed by atoms with Crippen LogP contribution in [0.4, 0.5) is 5.69 Å². The Labute approximate surface area is 127 Å². The summed E-state index contributed by atoms with van der Waals surface area (Å²) in [4.78, 5) is 17.1. The van der Waals surface area contributed by atoms with Gasteiger partial charge in [-0.05, 0) is 44.0 Å². The monoisotopic (exact) mass is 289 g/mol. The molecule has 2 N–H and O–H groups in total. The van der Waals surface area contributed by atoms with Crippen molar-refractivity contribution in [2.75, 3.05) is 32.4 Å². The molecule has 2 rings (SSSR count). The quantitative estimate of drug-likeness (QED) is 0.865. The summed E-state index contributed by atoms with van der Waals surface area (Å²) < 4.78 is 0. The van der Waals surface area contributed by atoms with Crippen molar-refractivity contribution in [2.24, 2.45) is 0 Å². The van der Waals surface area contributed by atoms with Gasteiger partial charge in [-0.15, -0.1) is 0 Å². The van der Waals surface area contributed by atoms with E-state index in [1.54, 1.807) is 0 Å². The average Bonchev–Trinajstić information content (AvgIpc) is 2.53. The van der Waals surface area contributed by atoms with Crippen molar-refractivity contribution in [2.45, 2.75) is 38.6 Å². The van der Waals surface area contributed by atoms with Crippen LogP contribution < -0.4 is 5.73 Å². The van der Waals surface area contributed by atoms with Crippen LogP contribution in [0.1, 0.15) is 38.2 Å². The Hall–Kier alpha value is -1.55. The molecule has 1 heterocycles. The lowest BCUT2D eigenvalue weighted by Gasteiger charge is -2.37. The molecule has 1 aliphatic rings. The largest absolute Gasteiger partial charge is 0.399 e. The molecule has 0 radical (unpaired) electrons. The maximum atomic E-state index is 12.7. The molecule has 1 aliphatic heterocycles. The number of likely N-dealkylation sites (N-methyl/N-ethyl adjacent to an activating group) is 1. The minimum absolute atomic E-state index is 0.136. The van der Waals surface area contributed by atoms with Crippen LogP contribution in [-0.4, -0.2) is 48.4 Å². The fourth-order valence-corrected chi connectivity index (χ4v) is 3.08. The van der Waals surface area contributed by atoms with Gasteiger partial charge < -0.3 is 15.5 Å². The number of nitrogens with zero attached hydrogens (tertiary/aromatic N) is 2. The average molecular weight is 289 g/mol. The second-order valence-corrected chi connectivity index (χ2v) is 6.01. The van der Waals surface area contributed by atoms with Crippen LogP contribution in [0.5, 0.6) is 0 Å². The van der Waals surface area contributed by atoms with E-state index < -0.39 is 0 Å². The zero-order chi connectivity index (χ0) is 15.4. The summed E-state index contributed by atoms with van der Waals surface area (Å²) in [5.41, 5.74) is 7.53. The first-order valence-electron chi connectivity index (χ1n) is 7.87. The van der Waals surface area contributed by atoms with Gasteiger partial charge in [-0.3, -0.25) is 4.79 Å². The van der Waals surface area contributed by atoms with Crippen LogP contribution in [0.25, 0.3) is 0 Å². The number of piperidine rings is 1. The molecule has 0 aromatic heterocycles. The van der Waals surface area contributed by atoms with Gasteiger partial charge in [-0.1, -0.05) is 19.1 Å². The highest BCUT2D eigenvalue weighted by molar-refractivity contribution is 5.83. The number of likely N-dealkylation sites (tertiary alicyclic amines) is 1. The molecule has 21 heavy (non-hydrogen) atoms. The summed E-state index contributed by atoms with van der Waals surface area (Å²) in [7, 11) is 1.94. The number of benzene rings is 1. The zero-order valence-corrected chi connectivity index (χ0v) is 13.4. The standard InChI is InChI=1S/C17H27N3O/c1-4-20-10-8-16(9-11-20)19(3)17(21)13(2)14-6-5-7-15(18)12-14/h5-7,12-13,16H,4,8-11,18H2,1-3H3. The van der Waals surface area contributed by atoms with Crippen molar-refractivity contribution in [3.05, 3.63) is 29.8 Å². The highest BCUT2D eigenvalue weighted by atomic mass is 16.2. The summed E-state index contributed by atoms with van der Waals surface area (Å²) in [6, 6.07) is 8.01. The molecule has 1 unspecified atom stereocenters. The fraction of sp³-hybridized carbons (Fsp3) is 0.588. The van der Waals surface area contributed by atoms with Crippen molar-refractivity contribution in [3.8, 4) is 0 Å². The minimum Gasteiger partial charge on any atom is -0.399 e. The van der Waals surface area contributed by atoms with Crippen LogP contribution in [0.2, 0.25) is 0 Å². The Morgan fingerprint density at radius 3 is 2.67 bits per heavy atom. The van der Waals surface area contributed by atoms with Crippen LogP contribution >= 0.6 is 0 Å². The molecule has 4 nitrogen and oxygen atoms in total. The molecule has 0 aliphatic carbocycles. The molecule has 4 heteroatoms. The Bertz CT molecular complexity index is 481. The van der Waals surface area contributed by atoms with Gasteiger partial charge in [-0.2, -0.15) is 0 Å². The van der Waals surface area contributed by atoms with Crippen molar-refractivity contribution in [1.82, 2.24) is 9.80 Å². The van der Waals surface area contributed by atoms with Gasteiger partial charge in [0.2, 0.25) is 5.91 Å². The van der Waals surface area contributed by atoms with E-state index in [-0.39, 0.29) is 11.8 Å². The highest BCUT2D eigenvalue weighted by Gasteiger charge is 2.27. The zero-order valence-electron chi connectivity index (χ0n) is 13.4. The number of carbonyl (C=O) groups is 1. The van der Waals surface area contributed by atoms with Gasteiger partial charge >= 0.3 is 0 Å². The summed E-state index contributed by atoms with van der Waals surface area (Å²) >= 11 is 0. The second-order valence-electron chi connectivity index (χ2n) is 6.01. The molecular weight excluding hydrogens is 262 g/mol. The van der Waals surface area contributed by atoms with Crippen LogP contribution in [0, 0.1) is 0 Å². The molecule has 1 amide bonds. The lowest BCUT2D eigenvalue weighted by molar-refractivity contribution is -0.134. The summed E-state index contributed by atoms with van der Waals surface area (Å²) in [6.07, 6.45) is 2.14. The third kappa shape index (κ3) is 3.76. The molecule has 0 bridgehead atoms. The summed E-state index contributed by atoms with van der Waals surface area (Å²) in [5, 5.41) is 0. The van der Waals surface area contributed by atoms with E-state index in [1.165, 1.54) is 0 Å². The van der Waals surface area contributed by atoms with E-state index >= 15 is 0 Å². The van der Waals surface area contributed by atoms with Gasteiger partial charge in [0, 0.05) is 31.9 Å². The predicted octanol–water partition coefficient (Wildman–Crippen LogP) is 2.32. The lowest BCUT2D eigenvalue weighted by atomic mass is 9.96. The summed E-state index contributed by atoms with van der Waals surface area (Å²) in [6.45, 7) is 7.44. The van der Waals surface area contributed by atoms with Gasteiger partial charge in [-0.25, -0.2) is 0 Å². The topological polar surface area (TPSA) is 49.6 Å². The third-order valence-electron chi connectivity index (χ3n) is 4.68. The van der Waals surface area contributed by atoms with Crippen LogP contribution in [-0.2, 0) is 4.79 Å². The predicted molar refractivity (Wildman–Crippen MR) is 87.2 cm³/mol. The first-order valence-corrected chi connectivity index (χ1v) is 7.87. The second kappa shape index (κ2) is 6.94. The van der Waals surface area contributed by atoms with E-state index in [4.69, 9.17) is 5.73 Å². The Morgan fingerprint density at radius 1 is 1.43 bits per heavy atom. The van der Waals surface area contributed by atoms with Gasteiger partial charge in [0.1, 0.15) is 0 Å². The summed E-state index contributed by atoms with van der Waals surface area (Å²) in [5.74, 6) is 0.0539. The van der Waals surface area contributed by atoms with Crippen molar-refractivity contribution >= 4 is 11.6 Å². The van der Waals surface area contributed by atoms with E-state index in [0.717, 1.165) is 38.0 Å². The fourth-order valence-electron chi connectivity index (χ4n) is 3.08. The SMILES string of the molecule is CCN1CCC(N(C)C(=O)C(C)c2cccc(N)c2)CC1. The molecule has 1 aromatic rings. The van der Waals surface area contributed by atoms with Crippen LogP contribution in [0.15, 0.2) is 24.3 Å². The molecule has 1 aromatic carbocycles. The number of nitrogen functional groups attached to an aromatic ring is 1. The number of hydrogen-bond donors (Lipinski definition) is 1. The van der Waals surface area contributed by atoms with Gasteiger partial charge in [0.15, 0.2) is 0 Å². The lowest BCUT2D eigenvalue weighted by Crippen LogP contribution is -2.46. The van der Waals surface area contributed by atoms with Crippen molar-refractivity contribution < 1.29 is 4.79 Å². The smallest absolute Gasteiger partial charge is 0.229 e. The minimum atomic E-state index is -0.136. The molecule has 1 atom stereocenters. The maximum Gasteiger partial charge on any atom is 0.229 e.